The minimum absolute atomic E-state index is 0.142. The molecule has 0 atom stereocenters. The molecular weight excluding hydrogens is 493 g/mol. The SMILES string of the molecule is CCNC(=O)Nc1cc(-c2nc(C(F)(F)F)cs2)c(-c2cc(C)cnc2OCCN2CCCC2)cn1. The van der Waals surface area contributed by atoms with Crippen LogP contribution in [0.1, 0.15) is 31.0 Å². The molecule has 0 radical (unpaired) electrons. The first-order chi connectivity index (χ1) is 17.2. The Hall–Kier alpha value is -3.25. The number of amides is 2. The molecule has 2 amide bonds. The zero-order valence-electron chi connectivity index (χ0n) is 20.0. The van der Waals surface area contributed by atoms with Crippen LogP contribution in [0, 0.1) is 6.92 Å². The van der Waals surface area contributed by atoms with Gasteiger partial charge in [-0.2, -0.15) is 13.2 Å². The lowest BCUT2D eigenvalue weighted by Crippen LogP contribution is -2.28. The molecule has 1 saturated heterocycles. The van der Waals surface area contributed by atoms with Crippen LogP contribution in [0.5, 0.6) is 5.88 Å². The number of hydrogen-bond donors (Lipinski definition) is 2. The monoisotopic (exact) mass is 520 g/mol. The molecule has 0 saturated carbocycles. The molecule has 12 heteroatoms. The average molecular weight is 521 g/mol. The van der Waals surface area contributed by atoms with Crippen LogP contribution in [0.4, 0.5) is 23.8 Å². The fraction of sp³-hybridized carbons (Fsp3) is 0.417. The number of carbonyl (C=O) groups is 1. The number of nitrogens with zero attached hydrogens (tertiary/aromatic N) is 4. The van der Waals surface area contributed by atoms with Gasteiger partial charge in [-0.1, -0.05) is 0 Å². The predicted molar refractivity (Wildman–Crippen MR) is 132 cm³/mol. The Morgan fingerprint density at radius 3 is 2.61 bits per heavy atom. The van der Waals surface area contributed by atoms with E-state index in [4.69, 9.17) is 4.74 Å². The van der Waals surface area contributed by atoms with E-state index in [1.165, 1.54) is 25.1 Å². The van der Waals surface area contributed by atoms with Crippen LogP contribution >= 0.6 is 11.3 Å². The van der Waals surface area contributed by atoms with Gasteiger partial charge in [-0.3, -0.25) is 10.2 Å². The highest BCUT2D eigenvalue weighted by Crippen LogP contribution is 2.40. The van der Waals surface area contributed by atoms with Crippen LogP contribution in [0.15, 0.2) is 29.9 Å². The smallest absolute Gasteiger partial charge is 0.434 e. The van der Waals surface area contributed by atoms with E-state index in [2.05, 4.69) is 30.5 Å². The van der Waals surface area contributed by atoms with Gasteiger partial charge in [-0.05, 0) is 57.5 Å². The summed E-state index contributed by atoms with van der Waals surface area (Å²) in [5.41, 5.74) is 1.35. The summed E-state index contributed by atoms with van der Waals surface area (Å²) in [6.07, 6.45) is 0.951. The van der Waals surface area contributed by atoms with E-state index in [9.17, 15) is 18.0 Å². The molecule has 8 nitrogen and oxygen atoms in total. The summed E-state index contributed by atoms with van der Waals surface area (Å²) in [6, 6.07) is 2.90. The Morgan fingerprint density at radius 2 is 1.92 bits per heavy atom. The van der Waals surface area contributed by atoms with Crippen molar-refractivity contribution in [2.24, 2.45) is 0 Å². The van der Waals surface area contributed by atoms with Crippen LogP contribution in [-0.4, -0.2) is 58.7 Å². The molecule has 1 aliphatic rings. The third-order valence-corrected chi connectivity index (χ3v) is 6.51. The number of thiazole rings is 1. The first-order valence-corrected chi connectivity index (χ1v) is 12.5. The highest BCUT2D eigenvalue weighted by molar-refractivity contribution is 7.13. The number of alkyl halides is 3. The van der Waals surface area contributed by atoms with Gasteiger partial charge in [0.25, 0.3) is 0 Å². The molecule has 0 aromatic carbocycles. The highest BCUT2D eigenvalue weighted by atomic mass is 32.1. The first kappa shape index (κ1) is 25.8. The Bertz CT molecular complexity index is 1210. The summed E-state index contributed by atoms with van der Waals surface area (Å²) in [5.74, 6) is 0.542. The fourth-order valence-electron chi connectivity index (χ4n) is 3.91. The van der Waals surface area contributed by atoms with Crippen LogP contribution in [0.3, 0.4) is 0 Å². The Labute approximate surface area is 210 Å². The lowest BCUT2D eigenvalue weighted by Gasteiger charge is -2.17. The van der Waals surface area contributed by atoms with E-state index in [0.29, 0.717) is 35.7 Å². The third-order valence-electron chi connectivity index (χ3n) is 5.63. The van der Waals surface area contributed by atoms with E-state index in [0.717, 1.165) is 41.9 Å². The van der Waals surface area contributed by atoms with Crippen LogP contribution < -0.4 is 15.4 Å². The number of aryl methyl sites for hydroxylation is 1. The van der Waals surface area contributed by atoms with Gasteiger partial charge < -0.3 is 10.1 Å². The van der Waals surface area contributed by atoms with Crippen molar-refractivity contribution in [3.05, 3.63) is 41.2 Å². The largest absolute Gasteiger partial charge is 0.476 e. The van der Waals surface area contributed by atoms with Gasteiger partial charge in [0.05, 0.1) is 0 Å². The number of rotatable bonds is 8. The minimum Gasteiger partial charge on any atom is -0.476 e. The molecule has 4 rings (SSSR count). The van der Waals surface area contributed by atoms with Crippen LogP contribution in [0.25, 0.3) is 21.7 Å². The second-order valence-electron chi connectivity index (χ2n) is 8.40. The molecule has 192 valence electrons. The van der Waals surface area contributed by atoms with Gasteiger partial charge in [-0.25, -0.2) is 19.7 Å². The number of pyridine rings is 2. The maximum atomic E-state index is 13.3. The number of carbonyl (C=O) groups excluding carboxylic acids is 1. The molecule has 0 bridgehead atoms. The van der Waals surface area contributed by atoms with Gasteiger partial charge >= 0.3 is 12.2 Å². The molecule has 1 aliphatic heterocycles. The summed E-state index contributed by atoms with van der Waals surface area (Å²) < 4.78 is 45.9. The number of nitrogens with one attached hydrogen (secondary N) is 2. The molecule has 1 fully saturated rings. The van der Waals surface area contributed by atoms with Crippen molar-refractivity contribution < 1.29 is 22.7 Å². The standard InChI is InChI=1S/C24H27F3N6O2S/c1-3-28-23(34)32-20-11-17(22-31-19(14-36-22)24(25,26)27)18(13-29-20)16-10-15(2)12-30-21(16)35-9-8-33-6-4-5-7-33/h10-14H,3-9H2,1-2H3,(H2,28,29,32,34). The van der Waals surface area contributed by atoms with E-state index in [1.807, 2.05) is 13.0 Å². The maximum absolute atomic E-state index is 13.3. The van der Waals surface area contributed by atoms with Crippen molar-refractivity contribution in [2.75, 3.05) is 38.1 Å². The third kappa shape index (κ3) is 6.30. The number of aromatic nitrogens is 3. The summed E-state index contributed by atoms with van der Waals surface area (Å²) in [6.45, 7) is 7.31. The van der Waals surface area contributed by atoms with Crippen molar-refractivity contribution in [3.63, 3.8) is 0 Å². The molecule has 0 spiro atoms. The lowest BCUT2D eigenvalue weighted by atomic mass is 10.0. The Kier molecular flexibility index (Phi) is 8.04. The van der Waals surface area contributed by atoms with E-state index in [1.54, 1.807) is 13.1 Å². The van der Waals surface area contributed by atoms with Crippen molar-refractivity contribution >= 4 is 23.2 Å². The minimum atomic E-state index is -4.57. The number of urea groups is 1. The quantitative estimate of drug-likeness (QED) is 0.424. The van der Waals surface area contributed by atoms with E-state index >= 15 is 0 Å². The van der Waals surface area contributed by atoms with Gasteiger partial charge in [0.1, 0.15) is 17.4 Å². The van der Waals surface area contributed by atoms with Gasteiger partial charge in [0.2, 0.25) is 5.88 Å². The number of ether oxygens (including phenoxy) is 1. The maximum Gasteiger partial charge on any atom is 0.434 e. The molecule has 3 aromatic heterocycles. The zero-order valence-corrected chi connectivity index (χ0v) is 20.8. The van der Waals surface area contributed by atoms with Crippen molar-refractivity contribution in [1.29, 1.82) is 0 Å². The van der Waals surface area contributed by atoms with E-state index < -0.39 is 17.9 Å². The van der Waals surface area contributed by atoms with Crippen LogP contribution in [-0.2, 0) is 6.18 Å². The average Bonchev–Trinajstić information content (AvgIpc) is 3.52. The summed E-state index contributed by atoms with van der Waals surface area (Å²) in [7, 11) is 0. The van der Waals surface area contributed by atoms with Gasteiger partial charge in [0.15, 0.2) is 5.69 Å². The Morgan fingerprint density at radius 1 is 1.14 bits per heavy atom. The molecule has 36 heavy (non-hydrogen) atoms. The molecule has 4 heterocycles. The molecule has 0 aliphatic carbocycles. The lowest BCUT2D eigenvalue weighted by molar-refractivity contribution is -0.140. The number of halogens is 3. The first-order valence-electron chi connectivity index (χ1n) is 11.6. The zero-order chi connectivity index (χ0) is 25.7. The second-order valence-corrected chi connectivity index (χ2v) is 9.26. The molecule has 0 unspecified atom stereocenters. The van der Waals surface area contributed by atoms with Crippen LogP contribution in [0.2, 0.25) is 0 Å². The number of hydrogen-bond acceptors (Lipinski definition) is 7. The summed E-state index contributed by atoms with van der Waals surface area (Å²) in [4.78, 5) is 26.9. The number of likely N-dealkylation sites (tertiary alicyclic amines) is 1. The predicted octanol–water partition coefficient (Wildman–Crippen LogP) is 5.21. The summed E-state index contributed by atoms with van der Waals surface area (Å²) >= 11 is 0.866. The fourth-order valence-corrected chi connectivity index (χ4v) is 4.76. The molecular formula is C24H27F3N6O2S. The van der Waals surface area contributed by atoms with Crippen molar-refractivity contribution in [2.45, 2.75) is 32.9 Å². The number of anilines is 1. The highest BCUT2D eigenvalue weighted by Gasteiger charge is 2.34. The second kappa shape index (κ2) is 11.2. The normalized spacial score (nSPS) is 14.1. The van der Waals surface area contributed by atoms with E-state index in [-0.39, 0.29) is 10.8 Å². The molecule has 3 aromatic rings. The van der Waals surface area contributed by atoms with Crippen molar-refractivity contribution in [3.8, 4) is 27.6 Å². The topological polar surface area (TPSA) is 92.3 Å². The van der Waals surface area contributed by atoms with Crippen molar-refractivity contribution in [1.82, 2.24) is 25.2 Å². The van der Waals surface area contributed by atoms with Gasteiger partial charge in [-0.15, -0.1) is 11.3 Å². The Balaban J connectivity index is 1.72. The molecule has 2 N–H and O–H groups in total. The summed E-state index contributed by atoms with van der Waals surface area (Å²) in [5, 5.41) is 6.31. The van der Waals surface area contributed by atoms with Gasteiger partial charge in [0, 0.05) is 47.6 Å².